The lowest BCUT2D eigenvalue weighted by Crippen LogP contribution is -2.34. The van der Waals surface area contributed by atoms with E-state index in [-0.39, 0.29) is 0 Å². The lowest BCUT2D eigenvalue weighted by molar-refractivity contribution is -0.650. The molecule has 0 aliphatic carbocycles. The van der Waals surface area contributed by atoms with Crippen molar-refractivity contribution < 1.29 is 4.57 Å². The van der Waals surface area contributed by atoms with Crippen molar-refractivity contribution in [3.63, 3.8) is 0 Å². The third-order valence-corrected chi connectivity index (χ3v) is 4.15. The largest absolute Gasteiger partial charge is 0.216 e. The minimum absolute atomic E-state index is 1.33. The van der Waals surface area contributed by atoms with Gasteiger partial charge in [0.25, 0.3) is 0 Å². The number of fused-ring (bicyclic) bond motifs is 3. The van der Waals surface area contributed by atoms with Gasteiger partial charge < -0.3 is 0 Å². The first-order valence-electron chi connectivity index (χ1n) is 6.38. The van der Waals surface area contributed by atoms with Crippen molar-refractivity contribution >= 4 is 21.7 Å². The van der Waals surface area contributed by atoms with Gasteiger partial charge in [0.2, 0.25) is 5.52 Å². The van der Waals surface area contributed by atoms with Crippen LogP contribution in [0, 0.1) is 20.8 Å². The molecule has 0 atom stereocenters. The van der Waals surface area contributed by atoms with Gasteiger partial charge in [0.15, 0.2) is 5.69 Å². The van der Waals surface area contributed by atoms with Gasteiger partial charge in [0.05, 0.1) is 5.39 Å². The monoisotopic (exact) mass is 236 g/mol. The van der Waals surface area contributed by atoms with E-state index in [2.05, 4.69) is 68.8 Å². The summed E-state index contributed by atoms with van der Waals surface area (Å²) in [7, 11) is 2.16. The summed E-state index contributed by atoms with van der Waals surface area (Å²) >= 11 is 0. The average molecular weight is 236 g/mol. The molecule has 90 valence electrons. The predicted octanol–water partition coefficient (Wildman–Crippen LogP) is 3.74. The highest BCUT2D eigenvalue weighted by molar-refractivity contribution is 6.05. The van der Waals surface area contributed by atoms with Crippen LogP contribution in [0.15, 0.2) is 36.4 Å². The number of hydrogen-bond acceptors (Lipinski definition) is 0. The van der Waals surface area contributed by atoms with Crippen LogP contribution < -0.4 is 4.57 Å². The van der Waals surface area contributed by atoms with Crippen molar-refractivity contribution in [1.82, 2.24) is 0 Å². The molecule has 1 heterocycles. The van der Waals surface area contributed by atoms with E-state index in [0.717, 1.165) is 0 Å². The fraction of sp³-hybridized carbons (Fsp3) is 0.235. The van der Waals surface area contributed by atoms with Crippen molar-refractivity contribution in [2.75, 3.05) is 0 Å². The maximum atomic E-state index is 2.32. The zero-order valence-electron chi connectivity index (χ0n) is 11.4. The van der Waals surface area contributed by atoms with Crippen molar-refractivity contribution in [1.29, 1.82) is 0 Å². The van der Waals surface area contributed by atoms with Crippen LogP contribution >= 0.6 is 0 Å². The molecule has 18 heavy (non-hydrogen) atoms. The number of pyridine rings is 1. The summed E-state index contributed by atoms with van der Waals surface area (Å²) < 4.78 is 2.32. The minimum Gasteiger partial charge on any atom is -0.198 e. The predicted molar refractivity (Wildman–Crippen MR) is 76.8 cm³/mol. The topological polar surface area (TPSA) is 3.88 Å². The normalized spacial score (nSPS) is 11.3. The van der Waals surface area contributed by atoms with Gasteiger partial charge in [-0.05, 0) is 31.5 Å². The van der Waals surface area contributed by atoms with Crippen LogP contribution in [0.5, 0.6) is 0 Å². The van der Waals surface area contributed by atoms with Crippen LogP contribution in [-0.4, -0.2) is 0 Å². The zero-order chi connectivity index (χ0) is 12.9. The van der Waals surface area contributed by atoms with Gasteiger partial charge in [-0.1, -0.05) is 24.3 Å². The Balaban J connectivity index is 2.69. The van der Waals surface area contributed by atoms with E-state index in [1.54, 1.807) is 0 Å². The van der Waals surface area contributed by atoms with Crippen LogP contribution in [0.3, 0.4) is 0 Å². The molecule has 0 fully saturated rings. The van der Waals surface area contributed by atoms with E-state index < -0.39 is 0 Å². The molecule has 0 saturated carbocycles. The zero-order valence-corrected chi connectivity index (χ0v) is 11.4. The highest BCUT2D eigenvalue weighted by atomic mass is 14.9. The lowest BCUT2D eigenvalue weighted by atomic mass is 9.99. The molecule has 0 N–H and O–H groups in total. The fourth-order valence-corrected chi connectivity index (χ4v) is 2.83. The maximum absolute atomic E-state index is 2.32. The van der Waals surface area contributed by atoms with E-state index in [4.69, 9.17) is 0 Å². The molecule has 0 bridgehead atoms. The average Bonchev–Trinajstić information content (AvgIpc) is 2.39. The fourth-order valence-electron chi connectivity index (χ4n) is 2.83. The van der Waals surface area contributed by atoms with Crippen LogP contribution in [0.25, 0.3) is 21.7 Å². The summed E-state index contributed by atoms with van der Waals surface area (Å²) in [6, 6.07) is 13.1. The molecular weight excluding hydrogens is 218 g/mol. The molecule has 1 aromatic heterocycles. The number of benzene rings is 2. The van der Waals surface area contributed by atoms with Crippen LogP contribution in [0.4, 0.5) is 0 Å². The Hall–Kier alpha value is -1.89. The third-order valence-electron chi connectivity index (χ3n) is 4.15. The maximum Gasteiger partial charge on any atom is 0.216 e. The summed E-state index contributed by atoms with van der Waals surface area (Å²) in [5.74, 6) is 0. The summed E-state index contributed by atoms with van der Waals surface area (Å²) in [5.41, 5.74) is 5.41. The first-order chi connectivity index (χ1) is 8.61. The number of rotatable bonds is 0. The Morgan fingerprint density at radius 1 is 0.778 bits per heavy atom. The molecule has 0 radical (unpaired) electrons. The van der Waals surface area contributed by atoms with Crippen molar-refractivity contribution in [3.8, 4) is 0 Å². The summed E-state index contributed by atoms with van der Waals surface area (Å²) in [4.78, 5) is 0. The van der Waals surface area contributed by atoms with E-state index in [0.29, 0.717) is 0 Å². The summed E-state index contributed by atoms with van der Waals surface area (Å²) in [5, 5.41) is 4.05. The van der Waals surface area contributed by atoms with Gasteiger partial charge >= 0.3 is 0 Å². The van der Waals surface area contributed by atoms with Gasteiger partial charge in [-0.3, -0.25) is 0 Å². The van der Waals surface area contributed by atoms with Gasteiger partial charge in [-0.15, -0.1) is 0 Å². The van der Waals surface area contributed by atoms with E-state index in [1.807, 2.05) is 0 Å². The highest BCUT2D eigenvalue weighted by Gasteiger charge is 2.17. The molecule has 0 amide bonds. The Morgan fingerprint density at radius 3 is 2.17 bits per heavy atom. The second-order valence-electron chi connectivity index (χ2n) is 5.09. The van der Waals surface area contributed by atoms with Gasteiger partial charge in [0, 0.05) is 23.3 Å². The SMILES string of the molecule is Cc1ccc2c3ccccc3c(C)[n+](C)c2c1C. The lowest BCUT2D eigenvalue weighted by Gasteiger charge is -2.09. The van der Waals surface area contributed by atoms with Crippen molar-refractivity contribution in [3.05, 3.63) is 53.2 Å². The number of aromatic nitrogens is 1. The van der Waals surface area contributed by atoms with Crippen LogP contribution in [0.1, 0.15) is 16.8 Å². The van der Waals surface area contributed by atoms with Gasteiger partial charge in [-0.25, -0.2) is 0 Å². The van der Waals surface area contributed by atoms with Crippen molar-refractivity contribution in [2.24, 2.45) is 7.05 Å². The molecule has 0 saturated heterocycles. The Bertz CT molecular complexity index is 770. The first kappa shape index (κ1) is 11.2. The van der Waals surface area contributed by atoms with E-state index >= 15 is 0 Å². The molecule has 1 nitrogen and oxygen atoms in total. The summed E-state index contributed by atoms with van der Waals surface area (Å²) in [6.07, 6.45) is 0. The molecule has 1 heteroatoms. The highest BCUT2D eigenvalue weighted by Crippen LogP contribution is 2.27. The molecule has 0 aliphatic rings. The molecule has 3 rings (SSSR count). The second-order valence-corrected chi connectivity index (χ2v) is 5.09. The molecule has 0 spiro atoms. The van der Waals surface area contributed by atoms with Gasteiger partial charge in [-0.2, -0.15) is 4.57 Å². The smallest absolute Gasteiger partial charge is 0.198 e. The number of nitrogens with zero attached hydrogens (tertiary/aromatic N) is 1. The molecule has 0 aliphatic heterocycles. The summed E-state index contributed by atoms with van der Waals surface area (Å²) in [6.45, 7) is 6.59. The molecular formula is C17H18N+. The quantitative estimate of drug-likeness (QED) is 0.413. The molecule has 2 aromatic carbocycles. The van der Waals surface area contributed by atoms with Gasteiger partial charge in [0.1, 0.15) is 7.05 Å². The second kappa shape index (κ2) is 3.81. The van der Waals surface area contributed by atoms with E-state index in [1.165, 1.54) is 38.5 Å². The number of hydrogen-bond donors (Lipinski definition) is 0. The van der Waals surface area contributed by atoms with Crippen LogP contribution in [-0.2, 0) is 7.05 Å². The standard InChI is InChI=1S/C17H18N/c1-11-9-10-16-15-8-6-5-7-14(15)13(3)18(4)17(16)12(11)2/h5-10H,1-4H3/q+1. The Kier molecular flexibility index (Phi) is 2.37. The minimum atomic E-state index is 1.33. The molecule has 3 aromatic rings. The van der Waals surface area contributed by atoms with Crippen molar-refractivity contribution in [2.45, 2.75) is 20.8 Å². The van der Waals surface area contributed by atoms with E-state index in [9.17, 15) is 0 Å². The molecule has 0 unspecified atom stereocenters. The Morgan fingerprint density at radius 2 is 1.44 bits per heavy atom. The number of aryl methyl sites for hydroxylation is 4. The van der Waals surface area contributed by atoms with Crippen LogP contribution in [0.2, 0.25) is 0 Å². The first-order valence-corrected chi connectivity index (χ1v) is 6.38. The third kappa shape index (κ3) is 1.37. The Labute approximate surface area is 108 Å².